The molecule has 4 N–H and O–H groups in total. The summed E-state index contributed by atoms with van der Waals surface area (Å²) in [5.41, 5.74) is 10.4. The minimum atomic E-state index is -0.755. The van der Waals surface area contributed by atoms with Crippen LogP contribution in [0.1, 0.15) is 25.0 Å². The van der Waals surface area contributed by atoms with E-state index >= 15 is 0 Å². The van der Waals surface area contributed by atoms with Gasteiger partial charge in [0.2, 0.25) is 0 Å². The molecule has 0 aliphatic carbocycles. The molecule has 184 valence electrons. The first-order chi connectivity index (χ1) is 16.2. The molecule has 0 radical (unpaired) electrons. The Balaban J connectivity index is 2.00. The molecule has 10 nitrogen and oxygen atoms in total. The number of anilines is 1. The van der Waals surface area contributed by atoms with Crippen LogP contribution in [0.5, 0.6) is 5.75 Å². The fourth-order valence-electron chi connectivity index (χ4n) is 2.86. The Bertz CT molecular complexity index is 986. The van der Waals surface area contributed by atoms with Gasteiger partial charge in [-0.15, -0.1) is 5.53 Å². The Morgan fingerprint density at radius 3 is 2.41 bits per heavy atom. The Hall–Kier alpha value is -3.31. The maximum atomic E-state index is 12.8. The zero-order valence-electron chi connectivity index (χ0n) is 19.6. The van der Waals surface area contributed by atoms with Crippen LogP contribution in [0.2, 0.25) is 0 Å². The number of ether oxygens (including phenoxy) is 2. The second-order valence-electron chi connectivity index (χ2n) is 7.44. The quantitative estimate of drug-likeness (QED) is 0.270. The number of nitrogens with zero attached hydrogens (tertiary/aromatic N) is 1. The first kappa shape index (κ1) is 26.9. The van der Waals surface area contributed by atoms with Crippen LogP contribution in [-0.4, -0.2) is 43.2 Å². The van der Waals surface area contributed by atoms with Gasteiger partial charge >= 0.3 is 18.0 Å². The van der Waals surface area contributed by atoms with E-state index in [1.807, 2.05) is 38.1 Å². The van der Waals surface area contributed by atoms with Crippen molar-refractivity contribution in [1.82, 2.24) is 21.2 Å². The summed E-state index contributed by atoms with van der Waals surface area (Å²) >= 11 is 3.41. The number of aryl methyl sites for hydroxylation is 1. The van der Waals surface area contributed by atoms with Gasteiger partial charge in [-0.25, -0.2) is 14.5 Å². The van der Waals surface area contributed by atoms with Gasteiger partial charge in [-0.05, 0) is 53.5 Å². The number of hydrazine groups is 2. The number of hydrogen-bond acceptors (Lipinski definition) is 7. The van der Waals surface area contributed by atoms with Crippen LogP contribution >= 0.6 is 15.9 Å². The molecule has 2 rings (SSSR count). The zero-order valence-corrected chi connectivity index (χ0v) is 21.2. The van der Waals surface area contributed by atoms with Crippen LogP contribution < -0.4 is 26.4 Å². The molecule has 4 amide bonds. The smallest absolute Gasteiger partial charge is 0.341 e. The monoisotopic (exact) mass is 535 g/mol. The highest BCUT2D eigenvalue weighted by atomic mass is 79.9. The van der Waals surface area contributed by atoms with Crippen molar-refractivity contribution < 1.29 is 23.9 Å². The van der Waals surface area contributed by atoms with Crippen LogP contribution in [0.25, 0.3) is 0 Å². The predicted molar refractivity (Wildman–Crippen MR) is 132 cm³/mol. The lowest BCUT2D eigenvalue weighted by molar-refractivity contribution is -0.144. The van der Waals surface area contributed by atoms with Gasteiger partial charge in [-0.2, -0.15) is 0 Å². The van der Waals surface area contributed by atoms with Crippen molar-refractivity contribution in [3.05, 3.63) is 58.1 Å². The normalized spacial score (nSPS) is 11.2. The van der Waals surface area contributed by atoms with Crippen molar-refractivity contribution >= 4 is 39.6 Å². The molecule has 0 bridgehead atoms. The van der Waals surface area contributed by atoms with Crippen LogP contribution in [-0.2, 0) is 16.1 Å². The summed E-state index contributed by atoms with van der Waals surface area (Å²) < 4.78 is 10.9. The third-order valence-corrected chi connectivity index (χ3v) is 5.34. The molecule has 0 aliphatic heterocycles. The largest absolute Gasteiger partial charge is 0.493 e. The maximum Gasteiger partial charge on any atom is 0.341 e. The van der Waals surface area contributed by atoms with Crippen molar-refractivity contribution in [1.29, 1.82) is 0 Å². The standard InChI is InChI=1S/C23H30BrN5O5/c1-5-34-20-11-10-18(12-19(20)24)26-28-27-23(32)29(14-16(3)21(30)33-4)22(31)25-13-17-8-6-15(2)7-9-17/h6-12,16,26,28H,5,13-14H2,1-4H3,(H,25,31)(H,27,32)/t16-/m0/s1. The number of imide groups is 1. The minimum absolute atomic E-state index is 0.172. The predicted octanol–water partition coefficient (Wildman–Crippen LogP) is 3.72. The number of methoxy groups -OCH3 is 1. The average molecular weight is 536 g/mol. The Kier molecular flexibility index (Phi) is 10.6. The number of hydrogen-bond donors (Lipinski definition) is 4. The molecule has 1 atom stereocenters. The minimum Gasteiger partial charge on any atom is -0.493 e. The maximum absolute atomic E-state index is 12.8. The Labute approximate surface area is 207 Å². The molecule has 0 saturated heterocycles. The molecule has 0 spiro atoms. The molecule has 0 aromatic heterocycles. The number of benzene rings is 2. The van der Waals surface area contributed by atoms with Gasteiger partial charge in [-0.3, -0.25) is 10.2 Å². The van der Waals surface area contributed by atoms with E-state index in [9.17, 15) is 14.4 Å². The van der Waals surface area contributed by atoms with Crippen molar-refractivity contribution in [2.24, 2.45) is 5.92 Å². The molecule has 0 fully saturated rings. The number of carbonyl (C=O) groups is 3. The lowest BCUT2D eigenvalue weighted by atomic mass is 10.1. The third kappa shape index (κ3) is 8.23. The van der Waals surface area contributed by atoms with E-state index in [4.69, 9.17) is 9.47 Å². The molecule has 0 saturated carbocycles. The highest BCUT2D eigenvalue weighted by Gasteiger charge is 2.26. The van der Waals surface area contributed by atoms with Crippen LogP contribution in [0, 0.1) is 12.8 Å². The number of urea groups is 2. The van der Waals surface area contributed by atoms with E-state index in [2.05, 4.69) is 37.6 Å². The van der Waals surface area contributed by atoms with Gasteiger partial charge in [0, 0.05) is 13.1 Å². The first-order valence-corrected chi connectivity index (χ1v) is 11.5. The fraction of sp³-hybridized carbons (Fsp3) is 0.348. The van der Waals surface area contributed by atoms with Crippen LogP contribution in [0.3, 0.4) is 0 Å². The van der Waals surface area contributed by atoms with Gasteiger partial charge in [-0.1, -0.05) is 36.8 Å². The summed E-state index contributed by atoms with van der Waals surface area (Å²) in [4.78, 5) is 38.3. The van der Waals surface area contributed by atoms with Crippen molar-refractivity contribution in [2.75, 3.05) is 25.7 Å². The van der Waals surface area contributed by atoms with E-state index in [-0.39, 0.29) is 13.1 Å². The number of esters is 1. The highest BCUT2D eigenvalue weighted by molar-refractivity contribution is 9.10. The van der Waals surface area contributed by atoms with E-state index in [0.29, 0.717) is 18.0 Å². The zero-order chi connectivity index (χ0) is 25.1. The molecule has 0 unspecified atom stereocenters. The Morgan fingerprint density at radius 2 is 1.79 bits per heavy atom. The number of carbonyl (C=O) groups excluding carboxylic acids is 3. The lowest BCUT2D eigenvalue weighted by Gasteiger charge is -2.24. The van der Waals surface area contributed by atoms with Gasteiger partial charge in [0.1, 0.15) is 5.75 Å². The number of halogens is 1. The molecule has 0 heterocycles. The van der Waals surface area contributed by atoms with Crippen molar-refractivity contribution in [3.63, 3.8) is 0 Å². The molecule has 34 heavy (non-hydrogen) atoms. The van der Waals surface area contributed by atoms with E-state index in [1.165, 1.54) is 7.11 Å². The third-order valence-electron chi connectivity index (χ3n) is 4.72. The van der Waals surface area contributed by atoms with E-state index in [0.717, 1.165) is 20.5 Å². The molecular weight excluding hydrogens is 506 g/mol. The summed E-state index contributed by atoms with van der Waals surface area (Å²) in [6.07, 6.45) is 0. The molecule has 0 aliphatic rings. The van der Waals surface area contributed by atoms with Crippen LogP contribution in [0.4, 0.5) is 15.3 Å². The topological polar surface area (TPSA) is 121 Å². The van der Waals surface area contributed by atoms with E-state index < -0.39 is 23.9 Å². The second kappa shape index (κ2) is 13.4. The Morgan fingerprint density at radius 1 is 1.09 bits per heavy atom. The molecule has 2 aromatic rings. The van der Waals surface area contributed by atoms with Gasteiger partial charge in [0.15, 0.2) is 0 Å². The summed E-state index contributed by atoms with van der Waals surface area (Å²) in [7, 11) is 1.25. The van der Waals surface area contributed by atoms with Gasteiger partial charge < -0.3 is 20.2 Å². The number of nitrogens with one attached hydrogen (secondary N) is 4. The van der Waals surface area contributed by atoms with Gasteiger partial charge in [0.05, 0.1) is 29.8 Å². The second-order valence-corrected chi connectivity index (χ2v) is 8.29. The average Bonchev–Trinajstić information content (AvgIpc) is 2.82. The summed E-state index contributed by atoms with van der Waals surface area (Å²) in [5, 5.41) is 2.70. The first-order valence-electron chi connectivity index (χ1n) is 10.7. The lowest BCUT2D eigenvalue weighted by Crippen LogP contribution is -2.54. The van der Waals surface area contributed by atoms with Crippen molar-refractivity contribution in [2.45, 2.75) is 27.3 Å². The SMILES string of the molecule is CCOc1ccc(NNNC(=O)N(C[C@H](C)C(=O)OC)C(=O)NCc2ccc(C)cc2)cc1Br. The summed E-state index contributed by atoms with van der Waals surface area (Å²) in [5.74, 6) is -0.560. The summed E-state index contributed by atoms with van der Waals surface area (Å²) in [6, 6.07) is 11.5. The molecule has 11 heteroatoms. The van der Waals surface area contributed by atoms with Crippen molar-refractivity contribution in [3.8, 4) is 5.75 Å². The molecular formula is C23H30BrN5O5. The van der Waals surface area contributed by atoms with E-state index in [1.54, 1.807) is 25.1 Å². The number of rotatable bonds is 10. The highest BCUT2D eigenvalue weighted by Crippen LogP contribution is 2.27. The van der Waals surface area contributed by atoms with Gasteiger partial charge in [0.25, 0.3) is 0 Å². The fourth-order valence-corrected chi connectivity index (χ4v) is 3.36. The number of amides is 4. The van der Waals surface area contributed by atoms with Crippen LogP contribution in [0.15, 0.2) is 46.9 Å². The molecule has 2 aromatic carbocycles. The summed E-state index contributed by atoms with van der Waals surface area (Å²) in [6.45, 7) is 6.01.